The number of imidazole rings is 1. The minimum Gasteiger partial charge on any atom is -0.509 e. The number of hydrogen-bond donors (Lipinski definition) is 2. The summed E-state index contributed by atoms with van der Waals surface area (Å²) in [6.45, 7) is 2.17. The summed E-state index contributed by atoms with van der Waals surface area (Å²) in [7, 11) is 1.87. The van der Waals surface area contributed by atoms with Crippen LogP contribution in [0.2, 0.25) is 0 Å². The smallest absolute Gasteiger partial charge is 0.148 e. The van der Waals surface area contributed by atoms with Gasteiger partial charge in [-0.3, -0.25) is 5.41 Å². The molecule has 5 nitrogen and oxygen atoms in total. The second kappa shape index (κ2) is 5.44. The summed E-state index contributed by atoms with van der Waals surface area (Å²) in [4.78, 5) is 6.25. The fourth-order valence-electron chi connectivity index (χ4n) is 3.19. The van der Waals surface area contributed by atoms with Crippen LogP contribution < -0.4 is 4.90 Å². The standard InChI is InChI=1S/C19H17FN4O/c1-11-3-8-15-14(9-11)22-19(23(15)2)17-16(25)10-24(18(17)21)13-6-4-12(20)5-7-13/h3-9,21,25H,10H2,1-2H3. The van der Waals surface area contributed by atoms with Gasteiger partial charge in [0.05, 0.1) is 23.2 Å². The SMILES string of the molecule is Cc1ccc2c(c1)nc(C1=C(O)CN(c3ccc(F)cc3)C1=N)n2C. The van der Waals surface area contributed by atoms with E-state index >= 15 is 0 Å². The molecular weight excluding hydrogens is 319 g/mol. The topological polar surface area (TPSA) is 65.1 Å². The maximum atomic E-state index is 13.1. The van der Waals surface area contributed by atoms with Crippen molar-refractivity contribution in [3.8, 4) is 0 Å². The number of halogens is 1. The van der Waals surface area contributed by atoms with Crippen LogP contribution in [-0.2, 0) is 7.05 Å². The van der Waals surface area contributed by atoms with Gasteiger partial charge in [-0.2, -0.15) is 0 Å². The molecule has 0 spiro atoms. The van der Waals surface area contributed by atoms with Gasteiger partial charge in [-0.1, -0.05) is 6.07 Å². The van der Waals surface area contributed by atoms with Crippen molar-refractivity contribution in [2.24, 2.45) is 7.05 Å². The number of fused-ring (bicyclic) bond motifs is 1. The van der Waals surface area contributed by atoms with Crippen LogP contribution in [0.1, 0.15) is 11.4 Å². The zero-order chi connectivity index (χ0) is 17.7. The minimum atomic E-state index is -0.336. The largest absolute Gasteiger partial charge is 0.509 e. The van der Waals surface area contributed by atoms with Gasteiger partial charge in [-0.05, 0) is 48.9 Å². The summed E-state index contributed by atoms with van der Waals surface area (Å²) in [6, 6.07) is 11.8. The van der Waals surface area contributed by atoms with E-state index in [1.165, 1.54) is 12.1 Å². The van der Waals surface area contributed by atoms with Gasteiger partial charge in [0, 0.05) is 12.7 Å². The lowest BCUT2D eigenvalue weighted by molar-refractivity contribution is 0.411. The zero-order valence-electron chi connectivity index (χ0n) is 13.9. The molecule has 1 aliphatic rings. The first-order valence-corrected chi connectivity index (χ1v) is 7.93. The molecule has 2 heterocycles. The molecule has 0 atom stereocenters. The average molecular weight is 336 g/mol. The van der Waals surface area contributed by atoms with Gasteiger partial charge in [0.25, 0.3) is 0 Å². The molecule has 0 fully saturated rings. The van der Waals surface area contributed by atoms with Gasteiger partial charge < -0.3 is 14.6 Å². The van der Waals surface area contributed by atoms with E-state index in [0.717, 1.165) is 16.6 Å². The molecule has 1 aromatic heterocycles. The molecule has 0 saturated carbocycles. The van der Waals surface area contributed by atoms with Gasteiger partial charge in [-0.25, -0.2) is 9.37 Å². The molecule has 126 valence electrons. The molecule has 0 radical (unpaired) electrons. The van der Waals surface area contributed by atoms with E-state index in [-0.39, 0.29) is 24.0 Å². The summed E-state index contributed by atoms with van der Waals surface area (Å²) < 4.78 is 15.0. The van der Waals surface area contributed by atoms with Crippen molar-refractivity contribution in [1.82, 2.24) is 9.55 Å². The van der Waals surface area contributed by atoms with E-state index in [4.69, 9.17) is 5.41 Å². The maximum Gasteiger partial charge on any atom is 0.148 e. The number of aromatic nitrogens is 2. The molecule has 0 bridgehead atoms. The highest BCUT2D eigenvalue weighted by molar-refractivity contribution is 6.30. The Morgan fingerprint density at radius 3 is 2.60 bits per heavy atom. The molecule has 2 N–H and O–H groups in total. The first-order valence-electron chi connectivity index (χ1n) is 7.93. The van der Waals surface area contributed by atoms with E-state index in [2.05, 4.69) is 4.98 Å². The molecule has 25 heavy (non-hydrogen) atoms. The van der Waals surface area contributed by atoms with Crippen molar-refractivity contribution < 1.29 is 9.50 Å². The highest BCUT2D eigenvalue weighted by atomic mass is 19.1. The number of amidine groups is 1. The lowest BCUT2D eigenvalue weighted by Crippen LogP contribution is -2.26. The lowest BCUT2D eigenvalue weighted by Gasteiger charge is -2.18. The first-order chi connectivity index (χ1) is 12.0. The van der Waals surface area contributed by atoms with Crippen molar-refractivity contribution in [3.63, 3.8) is 0 Å². The molecular formula is C19H17FN4O. The molecule has 0 saturated heterocycles. The number of hydrogen-bond acceptors (Lipinski definition) is 3. The number of aliphatic hydroxyl groups is 1. The summed E-state index contributed by atoms with van der Waals surface area (Å²) in [5, 5.41) is 19.0. The van der Waals surface area contributed by atoms with E-state index < -0.39 is 0 Å². The molecule has 1 aliphatic heterocycles. The zero-order valence-corrected chi connectivity index (χ0v) is 13.9. The second-order valence-corrected chi connectivity index (χ2v) is 6.22. The Hall–Kier alpha value is -3.15. The Bertz CT molecular complexity index is 1030. The average Bonchev–Trinajstić information content (AvgIpc) is 3.04. The summed E-state index contributed by atoms with van der Waals surface area (Å²) >= 11 is 0. The van der Waals surface area contributed by atoms with Crippen molar-refractivity contribution in [2.75, 3.05) is 11.4 Å². The summed E-state index contributed by atoms with van der Waals surface area (Å²) in [5.74, 6) is 0.453. The Morgan fingerprint density at radius 2 is 1.88 bits per heavy atom. The molecule has 4 rings (SSSR count). The third-order valence-electron chi connectivity index (χ3n) is 4.50. The molecule has 0 unspecified atom stereocenters. The van der Waals surface area contributed by atoms with Crippen LogP contribution in [0.5, 0.6) is 0 Å². The minimum absolute atomic E-state index is 0.0875. The van der Waals surface area contributed by atoms with Crippen molar-refractivity contribution in [1.29, 1.82) is 5.41 Å². The third kappa shape index (κ3) is 2.38. The van der Waals surface area contributed by atoms with Gasteiger partial charge in [0.2, 0.25) is 0 Å². The fourth-order valence-corrected chi connectivity index (χ4v) is 3.19. The second-order valence-electron chi connectivity index (χ2n) is 6.22. The van der Waals surface area contributed by atoms with E-state index in [1.807, 2.05) is 36.7 Å². The molecule has 2 aromatic carbocycles. The fraction of sp³-hybridized carbons (Fsp3) is 0.158. The van der Waals surface area contributed by atoms with Crippen molar-refractivity contribution in [2.45, 2.75) is 6.92 Å². The Labute approximate surface area is 144 Å². The number of aliphatic hydroxyl groups excluding tert-OH is 1. The number of nitrogens with zero attached hydrogens (tertiary/aromatic N) is 3. The third-order valence-corrected chi connectivity index (χ3v) is 4.50. The highest BCUT2D eigenvalue weighted by Gasteiger charge is 2.32. The van der Waals surface area contributed by atoms with Gasteiger partial charge in [0.1, 0.15) is 23.2 Å². The quantitative estimate of drug-likeness (QED) is 0.748. The predicted molar refractivity (Wildman–Crippen MR) is 96.5 cm³/mol. The molecule has 3 aromatic rings. The van der Waals surface area contributed by atoms with Crippen LogP contribution in [0, 0.1) is 18.2 Å². The normalized spacial score (nSPS) is 14.8. The molecule has 0 amide bonds. The number of anilines is 1. The molecule has 0 aliphatic carbocycles. The predicted octanol–water partition coefficient (Wildman–Crippen LogP) is 3.79. The van der Waals surface area contributed by atoms with E-state index in [9.17, 15) is 9.50 Å². The Balaban J connectivity index is 1.78. The van der Waals surface area contributed by atoms with Gasteiger partial charge in [0.15, 0.2) is 0 Å². The van der Waals surface area contributed by atoms with Crippen LogP contribution >= 0.6 is 0 Å². The van der Waals surface area contributed by atoms with Crippen LogP contribution in [0.4, 0.5) is 10.1 Å². The maximum absolute atomic E-state index is 13.1. The number of rotatable bonds is 2. The van der Waals surface area contributed by atoms with E-state index in [1.54, 1.807) is 17.0 Å². The summed E-state index contributed by atoms with van der Waals surface area (Å²) in [6.07, 6.45) is 0. The monoisotopic (exact) mass is 336 g/mol. The first kappa shape index (κ1) is 15.4. The highest BCUT2D eigenvalue weighted by Crippen LogP contribution is 2.32. The van der Waals surface area contributed by atoms with E-state index in [0.29, 0.717) is 17.1 Å². The van der Waals surface area contributed by atoms with Crippen molar-refractivity contribution in [3.05, 3.63) is 65.4 Å². The van der Waals surface area contributed by atoms with Crippen LogP contribution in [0.3, 0.4) is 0 Å². The summed E-state index contributed by atoms with van der Waals surface area (Å²) in [5.41, 5.74) is 3.92. The van der Waals surface area contributed by atoms with Crippen LogP contribution in [0.15, 0.2) is 48.2 Å². The van der Waals surface area contributed by atoms with Crippen LogP contribution in [0.25, 0.3) is 16.6 Å². The number of aryl methyl sites for hydroxylation is 2. The number of nitrogens with one attached hydrogen (secondary N) is 1. The number of benzene rings is 2. The Kier molecular flexibility index (Phi) is 3.35. The van der Waals surface area contributed by atoms with Crippen molar-refractivity contribution >= 4 is 28.1 Å². The Morgan fingerprint density at radius 1 is 1.16 bits per heavy atom. The van der Waals surface area contributed by atoms with Crippen LogP contribution in [-0.4, -0.2) is 27.0 Å². The lowest BCUT2D eigenvalue weighted by atomic mass is 10.2. The van der Waals surface area contributed by atoms with Gasteiger partial charge >= 0.3 is 0 Å². The van der Waals surface area contributed by atoms with Gasteiger partial charge in [-0.15, -0.1) is 0 Å². The molecule has 6 heteroatoms.